The zero-order valence-corrected chi connectivity index (χ0v) is 10.0. The zero-order chi connectivity index (χ0) is 12.4. The first-order valence-corrected chi connectivity index (χ1v) is 6.18. The average Bonchev–Trinajstić information content (AvgIpc) is 2.82. The van der Waals surface area contributed by atoms with Crippen molar-refractivity contribution in [1.82, 2.24) is 15.0 Å². The molecule has 0 spiro atoms. The molecule has 92 valence electrons. The maximum Gasteiger partial charge on any atom is 0.113 e. The van der Waals surface area contributed by atoms with E-state index in [9.17, 15) is 0 Å². The molecule has 5 heteroatoms. The molecule has 1 atom stereocenters. The summed E-state index contributed by atoms with van der Waals surface area (Å²) in [6.07, 6.45) is 2.28. The molecule has 1 aromatic carbocycles. The van der Waals surface area contributed by atoms with E-state index in [1.165, 1.54) is 6.42 Å². The number of hydrogen-bond acceptors (Lipinski definition) is 4. The van der Waals surface area contributed by atoms with E-state index in [0.717, 1.165) is 37.2 Å². The molecular weight excluding hydrogens is 228 g/mol. The van der Waals surface area contributed by atoms with Gasteiger partial charge in [0.25, 0.3) is 0 Å². The van der Waals surface area contributed by atoms with Crippen LogP contribution >= 0.6 is 0 Å². The minimum atomic E-state index is 0.495. The Hall–Kier alpha value is -1.93. The van der Waals surface area contributed by atoms with Crippen LogP contribution in [0.1, 0.15) is 18.4 Å². The largest absolute Gasteiger partial charge is 0.381 e. The SMILES string of the molecule is N#Cc1ccc2nnn(CC3CCCOC3)c2c1. The monoisotopic (exact) mass is 242 g/mol. The summed E-state index contributed by atoms with van der Waals surface area (Å²) in [4.78, 5) is 0. The Morgan fingerprint density at radius 3 is 3.22 bits per heavy atom. The predicted molar refractivity (Wildman–Crippen MR) is 65.8 cm³/mol. The molecule has 1 aliphatic heterocycles. The highest BCUT2D eigenvalue weighted by Crippen LogP contribution is 2.19. The molecule has 0 radical (unpaired) electrons. The molecule has 0 N–H and O–H groups in total. The molecule has 1 unspecified atom stereocenters. The Morgan fingerprint density at radius 1 is 1.50 bits per heavy atom. The number of aromatic nitrogens is 3. The fraction of sp³-hybridized carbons (Fsp3) is 0.462. The van der Waals surface area contributed by atoms with E-state index in [1.54, 1.807) is 6.07 Å². The molecule has 1 saturated heterocycles. The van der Waals surface area contributed by atoms with E-state index in [0.29, 0.717) is 11.5 Å². The Kier molecular flexibility index (Phi) is 2.95. The van der Waals surface area contributed by atoms with E-state index in [2.05, 4.69) is 16.4 Å². The fourth-order valence-electron chi connectivity index (χ4n) is 2.37. The number of hydrogen-bond donors (Lipinski definition) is 0. The first kappa shape index (κ1) is 11.2. The van der Waals surface area contributed by atoms with Gasteiger partial charge in [-0.3, -0.25) is 0 Å². The van der Waals surface area contributed by atoms with Crippen LogP contribution in [0.25, 0.3) is 11.0 Å². The summed E-state index contributed by atoms with van der Waals surface area (Å²) in [7, 11) is 0. The summed E-state index contributed by atoms with van der Waals surface area (Å²) in [6, 6.07) is 7.60. The highest BCUT2D eigenvalue weighted by atomic mass is 16.5. The normalized spacial score (nSPS) is 19.8. The highest BCUT2D eigenvalue weighted by Gasteiger charge is 2.16. The summed E-state index contributed by atoms with van der Waals surface area (Å²) >= 11 is 0. The van der Waals surface area contributed by atoms with Crippen LogP contribution in [0, 0.1) is 17.2 Å². The number of fused-ring (bicyclic) bond motifs is 1. The van der Waals surface area contributed by atoms with Gasteiger partial charge in [-0.15, -0.1) is 5.10 Å². The predicted octanol–water partition coefficient (Wildman–Crippen LogP) is 1.73. The van der Waals surface area contributed by atoms with Crippen molar-refractivity contribution in [2.24, 2.45) is 5.92 Å². The van der Waals surface area contributed by atoms with Crippen molar-refractivity contribution < 1.29 is 4.74 Å². The summed E-state index contributed by atoms with van der Waals surface area (Å²) in [6.45, 7) is 2.47. The molecule has 1 fully saturated rings. The van der Waals surface area contributed by atoms with Crippen molar-refractivity contribution in [1.29, 1.82) is 5.26 Å². The molecule has 3 rings (SSSR count). The molecule has 0 aliphatic carbocycles. The molecule has 0 bridgehead atoms. The van der Waals surface area contributed by atoms with Crippen LogP contribution in [-0.2, 0) is 11.3 Å². The van der Waals surface area contributed by atoms with Crippen LogP contribution in [0.3, 0.4) is 0 Å². The minimum absolute atomic E-state index is 0.495. The third-order valence-corrected chi connectivity index (χ3v) is 3.33. The Bertz CT molecular complexity index is 593. The highest BCUT2D eigenvalue weighted by molar-refractivity contribution is 5.75. The van der Waals surface area contributed by atoms with Crippen molar-refractivity contribution in [3.63, 3.8) is 0 Å². The Labute approximate surface area is 105 Å². The van der Waals surface area contributed by atoms with Gasteiger partial charge in [-0.2, -0.15) is 5.26 Å². The zero-order valence-electron chi connectivity index (χ0n) is 10.0. The van der Waals surface area contributed by atoms with Crippen LogP contribution < -0.4 is 0 Å². The quantitative estimate of drug-likeness (QED) is 0.804. The van der Waals surface area contributed by atoms with Gasteiger partial charge < -0.3 is 4.74 Å². The lowest BCUT2D eigenvalue weighted by atomic mass is 10.0. The molecular formula is C13H14N4O. The minimum Gasteiger partial charge on any atom is -0.381 e. The smallest absolute Gasteiger partial charge is 0.113 e. The van der Waals surface area contributed by atoms with Crippen LogP contribution in [0.2, 0.25) is 0 Å². The second-order valence-electron chi connectivity index (χ2n) is 4.67. The number of nitrogens with zero attached hydrogens (tertiary/aromatic N) is 4. The Morgan fingerprint density at radius 2 is 2.44 bits per heavy atom. The van der Waals surface area contributed by atoms with Gasteiger partial charge in [-0.1, -0.05) is 5.21 Å². The molecule has 5 nitrogen and oxygen atoms in total. The van der Waals surface area contributed by atoms with Gasteiger partial charge in [0.1, 0.15) is 5.52 Å². The van der Waals surface area contributed by atoms with Gasteiger partial charge in [0.2, 0.25) is 0 Å². The van der Waals surface area contributed by atoms with E-state index >= 15 is 0 Å². The topological polar surface area (TPSA) is 63.7 Å². The first-order chi connectivity index (χ1) is 8.86. The van der Waals surface area contributed by atoms with Crippen LogP contribution in [0.4, 0.5) is 0 Å². The van der Waals surface area contributed by atoms with Crippen molar-refractivity contribution in [2.45, 2.75) is 19.4 Å². The number of rotatable bonds is 2. The van der Waals surface area contributed by atoms with E-state index in [4.69, 9.17) is 10.00 Å². The average molecular weight is 242 g/mol. The van der Waals surface area contributed by atoms with Crippen molar-refractivity contribution >= 4 is 11.0 Å². The van der Waals surface area contributed by atoms with E-state index in [1.807, 2.05) is 16.8 Å². The third-order valence-electron chi connectivity index (χ3n) is 3.33. The van der Waals surface area contributed by atoms with E-state index < -0.39 is 0 Å². The van der Waals surface area contributed by atoms with Crippen molar-refractivity contribution in [3.8, 4) is 6.07 Å². The third kappa shape index (κ3) is 2.07. The van der Waals surface area contributed by atoms with Gasteiger partial charge in [0, 0.05) is 19.1 Å². The molecule has 2 heterocycles. The van der Waals surface area contributed by atoms with Gasteiger partial charge in [0.05, 0.1) is 23.8 Å². The molecule has 2 aromatic rings. The van der Waals surface area contributed by atoms with Gasteiger partial charge >= 0.3 is 0 Å². The number of nitriles is 1. The lowest BCUT2D eigenvalue weighted by molar-refractivity contribution is 0.0473. The summed E-state index contributed by atoms with van der Waals surface area (Å²) in [5.41, 5.74) is 2.41. The molecule has 18 heavy (non-hydrogen) atoms. The lowest BCUT2D eigenvalue weighted by Gasteiger charge is -2.21. The number of benzene rings is 1. The van der Waals surface area contributed by atoms with Gasteiger partial charge in [-0.05, 0) is 31.0 Å². The van der Waals surface area contributed by atoms with Gasteiger partial charge in [-0.25, -0.2) is 4.68 Å². The Balaban J connectivity index is 1.89. The molecule has 0 saturated carbocycles. The van der Waals surface area contributed by atoms with Crippen LogP contribution in [0.5, 0.6) is 0 Å². The maximum absolute atomic E-state index is 8.93. The fourth-order valence-corrected chi connectivity index (χ4v) is 2.37. The molecule has 0 amide bonds. The van der Waals surface area contributed by atoms with Crippen LogP contribution in [-0.4, -0.2) is 28.2 Å². The summed E-state index contributed by atoms with van der Waals surface area (Å²) in [5, 5.41) is 17.2. The summed E-state index contributed by atoms with van der Waals surface area (Å²) < 4.78 is 7.36. The molecule has 1 aliphatic rings. The lowest BCUT2D eigenvalue weighted by Crippen LogP contribution is -2.22. The second kappa shape index (κ2) is 4.75. The second-order valence-corrected chi connectivity index (χ2v) is 4.67. The van der Waals surface area contributed by atoms with Gasteiger partial charge in [0.15, 0.2) is 0 Å². The standard InChI is InChI=1S/C13H14N4O/c14-7-10-3-4-12-13(6-10)17(16-15-12)8-11-2-1-5-18-9-11/h3-4,6,11H,1-2,5,8-9H2. The number of ether oxygens (including phenoxy) is 1. The van der Waals surface area contributed by atoms with E-state index in [-0.39, 0.29) is 0 Å². The van der Waals surface area contributed by atoms with Crippen molar-refractivity contribution in [3.05, 3.63) is 23.8 Å². The summed E-state index contributed by atoms with van der Waals surface area (Å²) in [5.74, 6) is 0.495. The van der Waals surface area contributed by atoms with Crippen LogP contribution in [0.15, 0.2) is 18.2 Å². The van der Waals surface area contributed by atoms with Crippen molar-refractivity contribution in [2.75, 3.05) is 13.2 Å². The molecule has 1 aromatic heterocycles. The first-order valence-electron chi connectivity index (χ1n) is 6.18. The maximum atomic E-state index is 8.93.